The molecule has 1 atom stereocenters. The van der Waals surface area contributed by atoms with E-state index in [2.05, 4.69) is 28.2 Å². The molecule has 0 radical (unpaired) electrons. The highest BCUT2D eigenvalue weighted by atomic mass is 15.2. The van der Waals surface area contributed by atoms with Crippen LogP contribution >= 0.6 is 0 Å². The summed E-state index contributed by atoms with van der Waals surface area (Å²) in [6.45, 7) is 6.78. The highest BCUT2D eigenvalue weighted by Gasteiger charge is 2.21. The highest BCUT2D eigenvalue weighted by Crippen LogP contribution is 2.12. The molecule has 0 aliphatic carbocycles. The first-order chi connectivity index (χ1) is 7.88. The largest absolute Gasteiger partial charge is 0.313 e. The van der Waals surface area contributed by atoms with Crippen LogP contribution in [0, 0.1) is 0 Å². The van der Waals surface area contributed by atoms with Crippen LogP contribution in [0.2, 0.25) is 0 Å². The molecule has 0 amide bonds. The maximum absolute atomic E-state index is 4.15. The number of aromatic nitrogens is 1. The molecular formula is C13H21N3. The maximum Gasteiger partial charge on any atom is 0.0312 e. The molecule has 0 bridgehead atoms. The number of rotatable bonds is 5. The molecule has 1 aliphatic rings. The summed E-state index contributed by atoms with van der Waals surface area (Å²) in [5.74, 6) is 0. The van der Waals surface area contributed by atoms with Crippen LogP contribution in [0.1, 0.15) is 25.3 Å². The third kappa shape index (κ3) is 3.29. The summed E-state index contributed by atoms with van der Waals surface area (Å²) in [5.41, 5.74) is 1.32. The van der Waals surface area contributed by atoms with Gasteiger partial charge in [-0.2, -0.15) is 0 Å². The molecule has 1 aromatic heterocycles. The van der Waals surface area contributed by atoms with Crippen molar-refractivity contribution >= 4 is 0 Å². The molecule has 1 saturated heterocycles. The predicted octanol–water partition coefficient (Wildman–Crippen LogP) is 1.66. The van der Waals surface area contributed by atoms with Crippen molar-refractivity contribution in [1.82, 2.24) is 15.2 Å². The number of likely N-dealkylation sites (tertiary alicyclic amines) is 1. The van der Waals surface area contributed by atoms with Crippen molar-refractivity contribution in [2.24, 2.45) is 0 Å². The minimum atomic E-state index is 0.691. The van der Waals surface area contributed by atoms with Crippen molar-refractivity contribution in [3.63, 3.8) is 0 Å². The molecule has 16 heavy (non-hydrogen) atoms. The molecule has 3 heteroatoms. The predicted molar refractivity (Wildman–Crippen MR) is 66.2 cm³/mol. The topological polar surface area (TPSA) is 28.2 Å². The summed E-state index contributed by atoms with van der Waals surface area (Å²) in [4.78, 5) is 6.66. The first kappa shape index (κ1) is 11.6. The SMILES string of the molecule is CCCNC1CCN(Cc2cccnc2)C1. The fourth-order valence-electron chi connectivity index (χ4n) is 2.24. The van der Waals surface area contributed by atoms with Crippen LogP contribution in [0.5, 0.6) is 0 Å². The van der Waals surface area contributed by atoms with E-state index in [1.807, 2.05) is 18.5 Å². The van der Waals surface area contributed by atoms with Crippen molar-refractivity contribution in [2.45, 2.75) is 32.4 Å². The smallest absolute Gasteiger partial charge is 0.0312 e. The van der Waals surface area contributed by atoms with E-state index in [0.717, 1.165) is 13.1 Å². The Morgan fingerprint density at radius 3 is 3.25 bits per heavy atom. The molecule has 2 heterocycles. The second-order valence-electron chi connectivity index (χ2n) is 4.54. The van der Waals surface area contributed by atoms with E-state index in [1.54, 1.807) is 0 Å². The van der Waals surface area contributed by atoms with E-state index >= 15 is 0 Å². The van der Waals surface area contributed by atoms with Gasteiger partial charge < -0.3 is 5.32 Å². The molecule has 1 aromatic rings. The lowest BCUT2D eigenvalue weighted by Crippen LogP contribution is -2.32. The lowest BCUT2D eigenvalue weighted by atomic mass is 10.2. The highest BCUT2D eigenvalue weighted by molar-refractivity contribution is 5.08. The van der Waals surface area contributed by atoms with E-state index in [4.69, 9.17) is 0 Å². The van der Waals surface area contributed by atoms with Crippen LogP contribution in [0.3, 0.4) is 0 Å². The van der Waals surface area contributed by atoms with Crippen molar-refractivity contribution in [3.8, 4) is 0 Å². The van der Waals surface area contributed by atoms with Crippen LogP contribution < -0.4 is 5.32 Å². The summed E-state index contributed by atoms with van der Waals surface area (Å²) in [6.07, 6.45) is 6.30. The fraction of sp³-hybridized carbons (Fsp3) is 0.615. The van der Waals surface area contributed by atoms with Gasteiger partial charge in [-0.05, 0) is 31.0 Å². The standard InChI is InChI=1S/C13H21N3/c1-2-6-15-13-5-8-16(11-13)10-12-4-3-7-14-9-12/h3-4,7,9,13,15H,2,5-6,8,10-11H2,1H3. The van der Waals surface area contributed by atoms with Crippen molar-refractivity contribution in [3.05, 3.63) is 30.1 Å². The lowest BCUT2D eigenvalue weighted by Gasteiger charge is -2.16. The molecule has 1 fully saturated rings. The number of pyridine rings is 1. The van der Waals surface area contributed by atoms with Gasteiger partial charge in [-0.3, -0.25) is 9.88 Å². The van der Waals surface area contributed by atoms with Gasteiger partial charge in [-0.25, -0.2) is 0 Å². The van der Waals surface area contributed by atoms with Gasteiger partial charge in [0.2, 0.25) is 0 Å². The number of nitrogens with one attached hydrogen (secondary N) is 1. The van der Waals surface area contributed by atoms with Crippen LogP contribution in [0.15, 0.2) is 24.5 Å². The third-order valence-electron chi connectivity index (χ3n) is 3.08. The zero-order chi connectivity index (χ0) is 11.2. The van der Waals surface area contributed by atoms with Crippen molar-refractivity contribution in [2.75, 3.05) is 19.6 Å². The Bertz CT molecular complexity index is 299. The molecule has 88 valence electrons. The van der Waals surface area contributed by atoms with Crippen LogP contribution in [0.4, 0.5) is 0 Å². The van der Waals surface area contributed by atoms with E-state index < -0.39 is 0 Å². The number of nitrogens with zero attached hydrogens (tertiary/aromatic N) is 2. The van der Waals surface area contributed by atoms with Crippen LogP contribution in [-0.2, 0) is 6.54 Å². The van der Waals surface area contributed by atoms with E-state index in [9.17, 15) is 0 Å². The zero-order valence-electron chi connectivity index (χ0n) is 10.0. The normalized spacial score (nSPS) is 21.4. The first-order valence-electron chi connectivity index (χ1n) is 6.23. The summed E-state index contributed by atoms with van der Waals surface area (Å²) < 4.78 is 0. The lowest BCUT2D eigenvalue weighted by molar-refractivity contribution is 0.320. The Kier molecular flexibility index (Phi) is 4.31. The van der Waals surface area contributed by atoms with Crippen molar-refractivity contribution in [1.29, 1.82) is 0 Å². The second kappa shape index (κ2) is 5.97. The molecule has 1 N–H and O–H groups in total. The molecule has 0 aromatic carbocycles. The Morgan fingerprint density at radius 1 is 1.56 bits per heavy atom. The molecular weight excluding hydrogens is 198 g/mol. The number of hydrogen-bond acceptors (Lipinski definition) is 3. The van der Waals surface area contributed by atoms with Gasteiger partial charge in [-0.1, -0.05) is 13.0 Å². The quantitative estimate of drug-likeness (QED) is 0.816. The van der Waals surface area contributed by atoms with Gasteiger partial charge >= 0.3 is 0 Å². The minimum Gasteiger partial charge on any atom is -0.313 e. The average molecular weight is 219 g/mol. The zero-order valence-corrected chi connectivity index (χ0v) is 10.0. The van der Waals surface area contributed by atoms with E-state index in [-0.39, 0.29) is 0 Å². The second-order valence-corrected chi connectivity index (χ2v) is 4.54. The van der Waals surface area contributed by atoms with Gasteiger partial charge in [-0.15, -0.1) is 0 Å². The first-order valence-corrected chi connectivity index (χ1v) is 6.23. The van der Waals surface area contributed by atoms with Crippen LogP contribution in [-0.4, -0.2) is 35.6 Å². The monoisotopic (exact) mass is 219 g/mol. The summed E-state index contributed by atoms with van der Waals surface area (Å²) >= 11 is 0. The van der Waals surface area contributed by atoms with Gasteiger partial charge in [0, 0.05) is 38.1 Å². The van der Waals surface area contributed by atoms with Gasteiger partial charge in [0.25, 0.3) is 0 Å². The van der Waals surface area contributed by atoms with E-state index in [0.29, 0.717) is 6.04 Å². The number of hydrogen-bond donors (Lipinski definition) is 1. The molecule has 0 saturated carbocycles. The van der Waals surface area contributed by atoms with Gasteiger partial charge in [0.15, 0.2) is 0 Å². The Labute approximate surface area is 97.9 Å². The van der Waals surface area contributed by atoms with E-state index in [1.165, 1.54) is 31.5 Å². The molecule has 0 spiro atoms. The average Bonchev–Trinajstić information content (AvgIpc) is 2.75. The summed E-state index contributed by atoms with van der Waals surface area (Å²) in [5, 5.41) is 3.59. The van der Waals surface area contributed by atoms with Gasteiger partial charge in [0.05, 0.1) is 0 Å². The summed E-state index contributed by atoms with van der Waals surface area (Å²) in [7, 11) is 0. The minimum absolute atomic E-state index is 0.691. The fourth-order valence-corrected chi connectivity index (χ4v) is 2.24. The molecule has 2 rings (SSSR count). The summed E-state index contributed by atoms with van der Waals surface area (Å²) in [6, 6.07) is 4.86. The van der Waals surface area contributed by atoms with Crippen molar-refractivity contribution < 1.29 is 0 Å². The third-order valence-corrected chi connectivity index (χ3v) is 3.08. The maximum atomic E-state index is 4.15. The molecule has 3 nitrogen and oxygen atoms in total. The van der Waals surface area contributed by atoms with Crippen LogP contribution in [0.25, 0.3) is 0 Å². The Morgan fingerprint density at radius 2 is 2.50 bits per heavy atom. The Hall–Kier alpha value is -0.930. The Balaban J connectivity index is 1.76. The molecule has 1 aliphatic heterocycles. The molecule has 1 unspecified atom stereocenters. The van der Waals surface area contributed by atoms with Gasteiger partial charge in [0.1, 0.15) is 0 Å².